The van der Waals surface area contributed by atoms with Crippen LogP contribution in [-0.2, 0) is 12.8 Å². The highest BCUT2D eigenvalue weighted by Gasteiger charge is 2.22. The third-order valence-electron chi connectivity index (χ3n) is 4.85. The molecule has 3 rings (SSSR count). The number of carbonyl (C=O) groups excluding carboxylic acids is 1. The fraction of sp³-hybridized carbons (Fsp3) is 0.429. The fourth-order valence-electron chi connectivity index (χ4n) is 3.51. The van der Waals surface area contributed by atoms with Gasteiger partial charge < -0.3 is 9.73 Å². The Morgan fingerprint density at radius 1 is 1.16 bits per heavy atom. The van der Waals surface area contributed by atoms with E-state index in [1.165, 1.54) is 5.56 Å². The molecule has 0 spiro atoms. The first-order valence-electron chi connectivity index (χ1n) is 9.12. The minimum Gasteiger partial charge on any atom is -0.427 e. The molecule has 0 bridgehead atoms. The van der Waals surface area contributed by atoms with Gasteiger partial charge in [0.15, 0.2) is 0 Å². The summed E-state index contributed by atoms with van der Waals surface area (Å²) in [5.74, 6) is 0.352. The van der Waals surface area contributed by atoms with Crippen LogP contribution in [0.2, 0.25) is 0 Å². The highest BCUT2D eigenvalue weighted by atomic mass is 16.4. The van der Waals surface area contributed by atoms with E-state index in [9.17, 15) is 9.59 Å². The lowest BCUT2D eigenvalue weighted by atomic mass is 10.1. The van der Waals surface area contributed by atoms with Gasteiger partial charge in [0.1, 0.15) is 11.3 Å². The van der Waals surface area contributed by atoms with E-state index >= 15 is 0 Å². The van der Waals surface area contributed by atoms with Gasteiger partial charge in [-0.3, -0.25) is 4.79 Å². The first kappa shape index (κ1) is 17.5. The monoisotopic (exact) mass is 339 g/mol. The van der Waals surface area contributed by atoms with Gasteiger partial charge in [-0.15, -0.1) is 0 Å². The van der Waals surface area contributed by atoms with Crippen LogP contribution >= 0.6 is 0 Å². The van der Waals surface area contributed by atoms with Crippen molar-refractivity contribution in [2.75, 3.05) is 0 Å². The minimum atomic E-state index is -0.523. The lowest BCUT2D eigenvalue weighted by Crippen LogP contribution is -2.36. The van der Waals surface area contributed by atoms with Crippen LogP contribution in [0.1, 0.15) is 59.3 Å². The maximum atomic E-state index is 12.4. The molecule has 1 aromatic heterocycles. The molecule has 1 saturated carbocycles. The minimum absolute atomic E-state index is 0.152. The molecular weight excluding hydrogens is 314 g/mol. The van der Waals surface area contributed by atoms with Gasteiger partial charge in [0.25, 0.3) is 5.91 Å². The Balaban J connectivity index is 1.63. The largest absolute Gasteiger partial charge is 0.427 e. The molecular formula is C21H25NO3. The SMILES string of the molecule is Cc1cc(CCCc2ccccc2)oc(=O)c1C(=O)NC1CCCC1. The van der Waals surface area contributed by atoms with Gasteiger partial charge in [-0.25, -0.2) is 4.79 Å². The molecule has 1 aliphatic carbocycles. The zero-order valence-corrected chi connectivity index (χ0v) is 14.7. The molecule has 132 valence electrons. The van der Waals surface area contributed by atoms with E-state index in [1.807, 2.05) is 24.3 Å². The summed E-state index contributed by atoms with van der Waals surface area (Å²) in [6.45, 7) is 1.81. The van der Waals surface area contributed by atoms with E-state index in [4.69, 9.17) is 4.42 Å². The van der Waals surface area contributed by atoms with Crippen LogP contribution in [0.4, 0.5) is 0 Å². The molecule has 1 aliphatic rings. The van der Waals surface area contributed by atoms with Gasteiger partial charge in [0, 0.05) is 12.5 Å². The van der Waals surface area contributed by atoms with Crippen molar-refractivity contribution in [1.82, 2.24) is 5.32 Å². The average molecular weight is 339 g/mol. The summed E-state index contributed by atoms with van der Waals surface area (Å²) in [5, 5.41) is 2.96. The molecule has 1 N–H and O–H groups in total. The molecule has 0 unspecified atom stereocenters. The second-order valence-corrected chi connectivity index (χ2v) is 6.85. The summed E-state index contributed by atoms with van der Waals surface area (Å²) < 4.78 is 5.40. The lowest BCUT2D eigenvalue weighted by molar-refractivity contribution is 0.0932. The van der Waals surface area contributed by atoms with Crippen molar-refractivity contribution in [3.63, 3.8) is 0 Å². The molecule has 4 heteroatoms. The summed E-state index contributed by atoms with van der Waals surface area (Å²) in [4.78, 5) is 24.7. The number of nitrogens with one attached hydrogen (secondary N) is 1. The third kappa shape index (κ3) is 4.59. The number of hydrogen-bond donors (Lipinski definition) is 1. The molecule has 0 saturated heterocycles. The van der Waals surface area contributed by atoms with Gasteiger partial charge in [-0.2, -0.15) is 0 Å². The Labute approximate surface area is 148 Å². The Morgan fingerprint density at radius 2 is 1.88 bits per heavy atom. The van der Waals surface area contributed by atoms with E-state index in [0.717, 1.165) is 38.5 Å². The van der Waals surface area contributed by atoms with E-state index in [-0.39, 0.29) is 17.5 Å². The van der Waals surface area contributed by atoms with Crippen molar-refractivity contribution in [2.24, 2.45) is 0 Å². The number of hydrogen-bond acceptors (Lipinski definition) is 3. The number of carbonyl (C=O) groups is 1. The second-order valence-electron chi connectivity index (χ2n) is 6.85. The van der Waals surface area contributed by atoms with E-state index in [2.05, 4.69) is 17.4 Å². The molecule has 1 fully saturated rings. The van der Waals surface area contributed by atoms with Crippen molar-refractivity contribution in [2.45, 2.75) is 57.9 Å². The molecule has 1 aromatic carbocycles. The zero-order valence-electron chi connectivity index (χ0n) is 14.7. The van der Waals surface area contributed by atoms with Crippen LogP contribution in [0.25, 0.3) is 0 Å². The summed E-state index contributed by atoms with van der Waals surface area (Å²) in [6, 6.07) is 12.3. The molecule has 25 heavy (non-hydrogen) atoms. The predicted molar refractivity (Wildman–Crippen MR) is 97.9 cm³/mol. The van der Waals surface area contributed by atoms with Crippen molar-refractivity contribution < 1.29 is 9.21 Å². The van der Waals surface area contributed by atoms with Crippen molar-refractivity contribution in [3.05, 3.63) is 69.3 Å². The maximum Gasteiger partial charge on any atom is 0.349 e. The van der Waals surface area contributed by atoms with Crippen molar-refractivity contribution in [1.29, 1.82) is 0 Å². The van der Waals surface area contributed by atoms with Crippen molar-refractivity contribution in [3.8, 4) is 0 Å². The Morgan fingerprint density at radius 3 is 2.56 bits per heavy atom. The van der Waals surface area contributed by atoms with Gasteiger partial charge >= 0.3 is 5.63 Å². The maximum absolute atomic E-state index is 12.4. The first-order chi connectivity index (χ1) is 12.1. The Kier molecular flexibility index (Phi) is 5.69. The topological polar surface area (TPSA) is 59.3 Å². The summed E-state index contributed by atoms with van der Waals surface area (Å²) >= 11 is 0. The molecule has 1 amide bonds. The summed E-state index contributed by atoms with van der Waals surface area (Å²) in [6.07, 6.45) is 6.79. The van der Waals surface area contributed by atoms with Crippen molar-refractivity contribution >= 4 is 5.91 Å². The van der Waals surface area contributed by atoms with E-state index in [0.29, 0.717) is 17.7 Å². The smallest absolute Gasteiger partial charge is 0.349 e. The van der Waals surface area contributed by atoms with Crippen LogP contribution in [0, 0.1) is 6.92 Å². The third-order valence-corrected chi connectivity index (χ3v) is 4.85. The van der Waals surface area contributed by atoms with Crippen LogP contribution in [0.5, 0.6) is 0 Å². The summed E-state index contributed by atoms with van der Waals surface area (Å²) in [7, 11) is 0. The molecule has 0 atom stereocenters. The lowest BCUT2D eigenvalue weighted by Gasteiger charge is -2.12. The summed E-state index contributed by atoms with van der Waals surface area (Å²) in [5.41, 5.74) is 1.60. The Hall–Kier alpha value is -2.36. The van der Waals surface area contributed by atoms with Gasteiger partial charge in [0.2, 0.25) is 0 Å². The Bertz CT molecular complexity index is 773. The normalized spacial score (nSPS) is 14.6. The van der Waals surface area contributed by atoms with Crippen LogP contribution < -0.4 is 10.9 Å². The number of aryl methyl sites for hydroxylation is 3. The molecule has 2 aromatic rings. The van der Waals surface area contributed by atoms with Gasteiger partial charge in [-0.1, -0.05) is 43.2 Å². The van der Waals surface area contributed by atoms with E-state index < -0.39 is 5.63 Å². The number of benzene rings is 1. The van der Waals surface area contributed by atoms with Crippen LogP contribution in [0.3, 0.4) is 0 Å². The molecule has 4 nitrogen and oxygen atoms in total. The highest BCUT2D eigenvalue weighted by Crippen LogP contribution is 2.18. The predicted octanol–water partition coefficient (Wildman–Crippen LogP) is 3.80. The average Bonchev–Trinajstić information content (AvgIpc) is 3.08. The van der Waals surface area contributed by atoms with Gasteiger partial charge in [0.05, 0.1) is 0 Å². The number of amides is 1. The standard InChI is InChI=1S/C21H25NO3/c1-15-14-18(13-7-10-16-8-3-2-4-9-16)25-21(24)19(15)20(23)22-17-11-5-6-12-17/h2-4,8-9,14,17H,5-7,10-13H2,1H3,(H,22,23). The molecule has 0 aliphatic heterocycles. The number of rotatable bonds is 6. The van der Waals surface area contributed by atoms with Crippen LogP contribution in [-0.4, -0.2) is 11.9 Å². The zero-order chi connectivity index (χ0) is 17.6. The van der Waals surface area contributed by atoms with Crippen LogP contribution in [0.15, 0.2) is 45.6 Å². The molecule has 0 radical (unpaired) electrons. The fourth-order valence-corrected chi connectivity index (χ4v) is 3.51. The quantitative estimate of drug-likeness (QED) is 0.871. The second kappa shape index (κ2) is 8.15. The van der Waals surface area contributed by atoms with E-state index in [1.54, 1.807) is 6.92 Å². The highest BCUT2D eigenvalue weighted by molar-refractivity contribution is 5.95. The first-order valence-corrected chi connectivity index (χ1v) is 9.12. The molecule has 1 heterocycles. The van der Waals surface area contributed by atoms with Gasteiger partial charge in [-0.05, 0) is 49.8 Å².